The van der Waals surface area contributed by atoms with Gasteiger partial charge in [-0.25, -0.2) is 9.97 Å². The van der Waals surface area contributed by atoms with Gasteiger partial charge in [0.25, 0.3) is 0 Å². The second-order valence-electron chi connectivity index (χ2n) is 3.33. The maximum absolute atomic E-state index is 5.44. The largest absolute Gasteiger partial charge is 0.368 e. The van der Waals surface area contributed by atoms with Crippen LogP contribution in [0.5, 0.6) is 0 Å². The maximum atomic E-state index is 5.44. The molecule has 0 aliphatic carbocycles. The van der Waals surface area contributed by atoms with Crippen LogP contribution in [0, 0.1) is 0 Å². The number of nitrogens with two attached hydrogens (primary N) is 1. The summed E-state index contributed by atoms with van der Waals surface area (Å²) in [7, 11) is 0. The first-order chi connectivity index (χ1) is 7.84. The first-order valence-corrected chi connectivity index (χ1v) is 5.07. The molecule has 0 radical (unpaired) electrons. The average molecular weight is 215 g/mol. The van der Waals surface area contributed by atoms with Gasteiger partial charge < -0.3 is 11.1 Å². The minimum Gasteiger partial charge on any atom is -0.368 e. The van der Waals surface area contributed by atoms with Gasteiger partial charge in [0.15, 0.2) is 0 Å². The molecule has 0 aliphatic rings. The summed E-state index contributed by atoms with van der Waals surface area (Å²) >= 11 is 0. The van der Waals surface area contributed by atoms with E-state index in [0.717, 1.165) is 13.0 Å². The number of nitrogen functional groups attached to an aromatic ring is 1. The van der Waals surface area contributed by atoms with Crippen molar-refractivity contribution in [1.29, 1.82) is 0 Å². The number of anilines is 2. The normalized spacial score (nSPS) is 10.0. The van der Waals surface area contributed by atoms with Crippen molar-refractivity contribution in [3.63, 3.8) is 0 Å². The predicted molar refractivity (Wildman–Crippen MR) is 62.9 cm³/mol. The number of hydrogen-bond acceptors (Lipinski definition) is 5. The summed E-state index contributed by atoms with van der Waals surface area (Å²) in [5, 5.41) is 3.09. The van der Waals surface area contributed by atoms with Crippen molar-refractivity contribution in [2.45, 2.75) is 6.42 Å². The zero-order valence-electron chi connectivity index (χ0n) is 8.80. The monoisotopic (exact) mass is 215 g/mol. The molecule has 1 heterocycles. The highest BCUT2D eigenvalue weighted by Gasteiger charge is 1.96. The van der Waals surface area contributed by atoms with Crippen molar-refractivity contribution in [3.05, 3.63) is 42.2 Å². The van der Waals surface area contributed by atoms with Crippen molar-refractivity contribution in [3.8, 4) is 0 Å². The van der Waals surface area contributed by atoms with Gasteiger partial charge in [0.05, 0.1) is 0 Å². The van der Waals surface area contributed by atoms with E-state index in [0.29, 0.717) is 5.95 Å². The highest BCUT2D eigenvalue weighted by molar-refractivity contribution is 5.29. The van der Waals surface area contributed by atoms with Crippen LogP contribution in [0.3, 0.4) is 0 Å². The molecule has 0 atom stereocenters. The van der Waals surface area contributed by atoms with Gasteiger partial charge in [0.1, 0.15) is 6.33 Å². The van der Waals surface area contributed by atoms with Gasteiger partial charge in [-0.15, -0.1) is 0 Å². The lowest BCUT2D eigenvalue weighted by atomic mass is 10.1. The standard InChI is InChI=1S/C11H13N5/c12-10-14-8-15-11(16-10)13-7-6-9-4-2-1-3-5-9/h1-5,8H,6-7H2,(H3,12,13,14,15,16). The Bertz CT molecular complexity index is 443. The Morgan fingerprint density at radius 1 is 1.12 bits per heavy atom. The molecule has 3 N–H and O–H groups in total. The number of nitrogens with zero attached hydrogens (tertiary/aromatic N) is 3. The summed E-state index contributed by atoms with van der Waals surface area (Å²) in [5.74, 6) is 0.751. The van der Waals surface area contributed by atoms with Gasteiger partial charge in [-0.3, -0.25) is 0 Å². The highest BCUT2D eigenvalue weighted by Crippen LogP contribution is 2.01. The first-order valence-electron chi connectivity index (χ1n) is 5.07. The van der Waals surface area contributed by atoms with Crippen molar-refractivity contribution in [2.24, 2.45) is 0 Å². The van der Waals surface area contributed by atoms with Crippen LogP contribution in [0.1, 0.15) is 5.56 Å². The summed E-state index contributed by atoms with van der Waals surface area (Å²) in [6, 6.07) is 10.2. The van der Waals surface area contributed by atoms with Gasteiger partial charge in [-0.05, 0) is 12.0 Å². The van der Waals surface area contributed by atoms with Gasteiger partial charge >= 0.3 is 0 Å². The van der Waals surface area contributed by atoms with E-state index in [1.807, 2.05) is 18.2 Å². The molecule has 16 heavy (non-hydrogen) atoms. The third-order valence-corrected chi connectivity index (χ3v) is 2.13. The van der Waals surface area contributed by atoms with E-state index in [-0.39, 0.29) is 5.95 Å². The van der Waals surface area contributed by atoms with Crippen LogP contribution in [0.15, 0.2) is 36.7 Å². The van der Waals surface area contributed by atoms with Gasteiger partial charge in [0, 0.05) is 6.54 Å². The molecule has 0 bridgehead atoms. The summed E-state index contributed by atoms with van der Waals surface area (Å²) in [5.41, 5.74) is 6.71. The van der Waals surface area contributed by atoms with Crippen molar-refractivity contribution in [2.75, 3.05) is 17.6 Å². The van der Waals surface area contributed by atoms with Crippen LogP contribution in [0.4, 0.5) is 11.9 Å². The molecule has 2 rings (SSSR count). The number of benzene rings is 1. The summed E-state index contributed by atoms with van der Waals surface area (Å²) < 4.78 is 0. The number of hydrogen-bond donors (Lipinski definition) is 2. The minimum absolute atomic E-state index is 0.234. The van der Waals surface area contributed by atoms with E-state index >= 15 is 0 Å². The van der Waals surface area contributed by atoms with Crippen molar-refractivity contribution in [1.82, 2.24) is 15.0 Å². The van der Waals surface area contributed by atoms with E-state index in [4.69, 9.17) is 5.73 Å². The molecular weight excluding hydrogens is 202 g/mol. The van der Waals surface area contributed by atoms with Crippen molar-refractivity contribution < 1.29 is 0 Å². The van der Waals surface area contributed by atoms with Crippen LogP contribution in [-0.2, 0) is 6.42 Å². The Balaban J connectivity index is 1.85. The first kappa shape index (κ1) is 10.4. The lowest BCUT2D eigenvalue weighted by Gasteiger charge is -2.04. The molecule has 0 unspecified atom stereocenters. The molecule has 0 saturated heterocycles. The summed E-state index contributed by atoms with van der Waals surface area (Å²) in [6.45, 7) is 0.771. The molecule has 1 aromatic carbocycles. The zero-order valence-corrected chi connectivity index (χ0v) is 8.80. The molecule has 2 aromatic rings. The van der Waals surface area contributed by atoms with E-state index in [2.05, 4.69) is 32.4 Å². The van der Waals surface area contributed by atoms with Crippen LogP contribution >= 0.6 is 0 Å². The predicted octanol–water partition coefficient (Wildman–Crippen LogP) is 1.11. The second-order valence-corrected chi connectivity index (χ2v) is 3.33. The molecule has 5 heteroatoms. The Labute approximate surface area is 93.8 Å². The van der Waals surface area contributed by atoms with Gasteiger partial charge in [-0.1, -0.05) is 30.3 Å². The molecule has 0 aliphatic heterocycles. The number of aromatic nitrogens is 3. The van der Waals surface area contributed by atoms with Crippen LogP contribution in [-0.4, -0.2) is 21.5 Å². The van der Waals surface area contributed by atoms with Crippen LogP contribution < -0.4 is 11.1 Å². The highest BCUT2D eigenvalue weighted by atomic mass is 15.2. The number of rotatable bonds is 4. The fourth-order valence-electron chi connectivity index (χ4n) is 1.36. The smallest absolute Gasteiger partial charge is 0.227 e. The Kier molecular flexibility index (Phi) is 3.28. The SMILES string of the molecule is Nc1ncnc(NCCc2ccccc2)n1. The van der Waals surface area contributed by atoms with E-state index in [1.54, 1.807) is 0 Å². The molecule has 5 nitrogen and oxygen atoms in total. The van der Waals surface area contributed by atoms with Gasteiger partial charge in [0.2, 0.25) is 11.9 Å². The third-order valence-electron chi connectivity index (χ3n) is 2.13. The molecular formula is C11H13N5. The molecule has 0 amide bonds. The summed E-state index contributed by atoms with van der Waals surface area (Å²) in [6.07, 6.45) is 2.32. The van der Waals surface area contributed by atoms with E-state index in [1.165, 1.54) is 11.9 Å². The average Bonchev–Trinajstić information content (AvgIpc) is 2.30. The lowest BCUT2D eigenvalue weighted by Crippen LogP contribution is -2.09. The Morgan fingerprint density at radius 2 is 1.94 bits per heavy atom. The minimum atomic E-state index is 0.234. The number of nitrogens with one attached hydrogen (secondary N) is 1. The fraction of sp³-hybridized carbons (Fsp3) is 0.182. The molecule has 82 valence electrons. The van der Waals surface area contributed by atoms with Crippen LogP contribution in [0.25, 0.3) is 0 Å². The molecule has 0 spiro atoms. The topological polar surface area (TPSA) is 76.7 Å². The lowest BCUT2D eigenvalue weighted by molar-refractivity contribution is 0.967. The maximum Gasteiger partial charge on any atom is 0.227 e. The second kappa shape index (κ2) is 5.06. The molecule has 1 aromatic heterocycles. The van der Waals surface area contributed by atoms with E-state index < -0.39 is 0 Å². The van der Waals surface area contributed by atoms with Gasteiger partial charge in [-0.2, -0.15) is 4.98 Å². The fourth-order valence-corrected chi connectivity index (χ4v) is 1.36. The van der Waals surface area contributed by atoms with E-state index in [9.17, 15) is 0 Å². The molecule has 0 saturated carbocycles. The Morgan fingerprint density at radius 3 is 2.69 bits per heavy atom. The quantitative estimate of drug-likeness (QED) is 0.798. The summed E-state index contributed by atoms with van der Waals surface area (Å²) in [4.78, 5) is 11.6. The van der Waals surface area contributed by atoms with Crippen LogP contribution in [0.2, 0.25) is 0 Å². The third kappa shape index (κ3) is 2.91. The van der Waals surface area contributed by atoms with Crippen molar-refractivity contribution >= 4 is 11.9 Å². The Hall–Kier alpha value is -2.17. The zero-order chi connectivity index (χ0) is 11.2. The molecule has 0 fully saturated rings.